The van der Waals surface area contributed by atoms with E-state index in [0.717, 1.165) is 35.9 Å². The normalized spacial score (nSPS) is 17.1. The van der Waals surface area contributed by atoms with Crippen LogP contribution in [0.1, 0.15) is 25.0 Å². The monoisotopic (exact) mass is 582 g/mol. The standard InChI is InChI=1S/C28H30N8O2.2ClH/c1-17-15-29-25(31-17)19-5-3-7-23(13-19)35-27(37)33-21-9-11-22(12-10-21)34-28(38)36-24-8-4-6-20(14-24)26-30-16-18(2)32-26;;/h3-14,17-18H,15-16H2,1-2H3,(H,29,31)(H,30,32)(H2,33,35,37)(H2,34,36,38);2*1H. The largest absolute Gasteiger partial charge is 0.366 e. The zero-order chi connectivity index (χ0) is 26.5. The highest BCUT2D eigenvalue weighted by Crippen LogP contribution is 2.18. The summed E-state index contributed by atoms with van der Waals surface area (Å²) in [7, 11) is 0. The van der Waals surface area contributed by atoms with Crippen molar-refractivity contribution in [2.24, 2.45) is 9.98 Å². The lowest BCUT2D eigenvalue weighted by Crippen LogP contribution is -2.27. The van der Waals surface area contributed by atoms with E-state index in [-0.39, 0.29) is 36.9 Å². The molecule has 2 atom stereocenters. The van der Waals surface area contributed by atoms with E-state index in [4.69, 9.17) is 0 Å². The first-order valence-corrected chi connectivity index (χ1v) is 12.5. The van der Waals surface area contributed by atoms with Gasteiger partial charge < -0.3 is 31.9 Å². The molecule has 0 spiro atoms. The second kappa shape index (κ2) is 13.7. The van der Waals surface area contributed by atoms with E-state index in [1.165, 1.54) is 0 Å². The number of urea groups is 2. The van der Waals surface area contributed by atoms with Gasteiger partial charge in [0.25, 0.3) is 0 Å². The number of hydrogen-bond acceptors (Lipinski definition) is 6. The maximum Gasteiger partial charge on any atom is 0.323 e. The van der Waals surface area contributed by atoms with Crippen molar-refractivity contribution < 1.29 is 9.59 Å². The Morgan fingerprint density at radius 3 is 1.35 bits per heavy atom. The number of amides is 4. The first-order chi connectivity index (χ1) is 18.4. The van der Waals surface area contributed by atoms with Crippen molar-refractivity contribution in [1.82, 2.24) is 10.6 Å². The Balaban J connectivity index is 0.00000220. The molecule has 0 radical (unpaired) electrons. The van der Waals surface area contributed by atoms with Crippen molar-refractivity contribution in [3.8, 4) is 0 Å². The minimum absolute atomic E-state index is 0. The van der Waals surface area contributed by atoms with Gasteiger partial charge in [-0.15, -0.1) is 24.8 Å². The zero-order valence-electron chi connectivity index (χ0n) is 22.0. The Morgan fingerprint density at radius 2 is 1.00 bits per heavy atom. The van der Waals surface area contributed by atoms with Crippen LogP contribution in [0.3, 0.4) is 0 Å². The fraction of sp³-hybridized carbons (Fsp3) is 0.214. The van der Waals surface area contributed by atoms with E-state index in [0.29, 0.717) is 34.8 Å². The third-order valence-electron chi connectivity index (χ3n) is 6.00. The predicted octanol–water partition coefficient (Wildman–Crippen LogP) is 5.29. The van der Waals surface area contributed by atoms with E-state index >= 15 is 0 Å². The van der Waals surface area contributed by atoms with E-state index < -0.39 is 0 Å². The molecule has 0 aliphatic carbocycles. The van der Waals surface area contributed by atoms with Crippen molar-refractivity contribution in [3.63, 3.8) is 0 Å². The van der Waals surface area contributed by atoms with Gasteiger partial charge in [0.1, 0.15) is 11.7 Å². The highest BCUT2D eigenvalue weighted by molar-refractivity contribution is 6.05. The quantitative estimate of drug-likeness (QED) is 0.235. The number of amidine groups is 2. The Kier molecular flexibility index (Phi) is 10.4. The molecule has 0 aromatic heterocycles. The topological polar surface area (TPSA) is 131 Å². The van der Waals surface area contributed by atoms with Crippen LogP contribution >= 0.6 is 24.8 Å². The van der Waals surface area contributed by atoms with Crippen LogP contribution in [0.15, 0.2) is 82.8 Å². The summed E-state index contributed by atoms with van der Waals surface area (Å²) >= 11 is 0. The third-order valence-corrected chi connectivity index (χ3v) is 6.00. The molecule has 40 heavy (non-hydrogen) atoms. The number of anilines is 4. The summed E-state index contributed by atoms with van der Waals surface area (Å²) in [5, 5.41) is 17.9. The van der Waals surface area contributed by atoms with Crippen molar-refractivity contribution in [2.45, 2.75) is 25.9 Å². The second-order valence-electron chi connectivity index (χ2n) is 9.37. The molecule has 2 heterocycles. The van der Waals surface area contributed by atoms with Crippen molar-refractivity contribution in [1.29, 1.82) is 0 Å². The molecular weight excluding hydrogens is 551 g/mol. The maximum atomic E-state index is 12.5. The molecular formula is C28H32Cl2N8O2. The molecule has 2 aliphatic rings. The predicted molar refractivity (Wildman–Crippen MR) is 167 cm³/mol. The first-order valence-electron chi connectivity index (χ1n) is 12.5. The van der Waals surface area contributed by atoms with E-state index in [1.54, 1.807) is 24.3 Å². The minimum Gasteiger partial charge on any atom is -0.366 e. The van der Waals surface area contributed by atoms with E-state index in [2.05, 4.69) is 55.7 Å². The lowest BCUT2D eigenvalue weighted by Gasteiger charge is -2.12. The molecule has 0 bridgehead atoms. The molecule has 2 unspecified atom stereocenters. The van der Waals surface area contributed by atoms with Crippen molar-refractivity contribution in [2.75, 3.05) is 34.4 Å². The van der Waals surface area contributed by atoms with Crippen LogP contribution in [0, 0.1) is 0 Å². The second-order valence-corrected chi connectivity index (χ2v) is 9.37. The molecule has 10 nitrogen and oxygen atoms in total. The number of carbonyl (C=O) groups excluding carboxylic acids is 2. The molecule has 6 N–H and O–H groups in total. The number of hydrogen-bond donors (Lipinski definition) is 6. The number of halogens is 2. The highest BCUT2D eigenvalue weighted by Gasteiger charge is 2.16. The lowest BCUT2D eigenvalue weighted by molar-refractivity contribution is 0.261. The summed E-state index contributed by atoms with van der Waals surface area (Å²) in [6.45, 7) is 5.62. The summed E-state index contributed by atoms with van der Waals surface area (Å²) in [6, 6.07) is 21.8. The van der Waals surface area contributed by atoms with Crippen LogP contribution in [0.5, 0.6) is 0 Å². The fourth-order valence-corrected chi connectivity index (χ4v) is 4.17. The summed E-state index contributed by atoms with van der Waals surface area (Å²) < 4.78 is 0. The molecule has 0 saturated heterocycles. The Bertz CT molecular complexity index is 1300. The number of nitrogens with one attached hydrogen (secondary N) is 6. The van der Waals surface area contributed by atoms with Gasteiger partial charge in [-0.2, -0.15) is 0 Å². The molecule has 4 amide bonds. The first kappa shape index (κ1) is 30.3. The van der Waals surface area contributed by atoms with Crippen molar-refractivity contribution in [3.05, 3.63) is 83.9 Å². The smallest absolute Gasteiger partial charge is 0.323 e. The molecule has 3 aromatic rings. The highest BCUT2D eigenvalue weighted by atomic mass is 35.5. The van der Waals surface area contributed by atoms with Gasteiger partial charge in [0.05, 0.1) is 13.1 Å². The molecule has 3 aromatic carbocycles. The fourth-order valence-electron chi connectivity index (χ4n) is 4.17. The number of rotatable bonds is 6. The SMILES string of the molecule is CC1CN=C(c2cccc(NC(=O)Nc3ccc(NC(=O)Nc4cccc(C5=NCC(C)N5)c4)cc3)c2)N1.Cl.Cl. The van der Waals surface area contributed by atoms with Crippen LogP contribution in [0.2, 0.25) is 0 Å². The summed E-state index contributed by atoms with van der Waals surface area (Å²) in [5.41, 5.74) is 4.35. The summed E-state index contributed by atoms with van der Waals surface area (Å²) in [5.74, 6) is 1.66. The van der Waals surface area contributed by atoms with Gasteiger partial charge in [-0.05, 0) is 62.4 Å². The van der Waals surface area contributed by atoms with Gasteiger partial charge in [-0.25, -0.2) is 9.59 Å². The Hall–Kier alpha value is -4.28. The molecule has 210 valence electrons. The summed E-state index contributed by atoms with van der Waals surface area (Å²) in [4.78, 5) is 34.0. The van der Waals surface area contributed by atoms with Crippen LogP contribution in [0.4, 0.5) is 32.3 Å². The van der Waals surface area contributed by atoms with Crippen LogP contribution in [-0.2, 0) is 0 Å². The van der Waals surface area contributed by atoms with Crippen LogP contribution < -0.4 is 31.9 Å². The Labute approximate surface area is 245 Å². The number of carbonyl (C=O) groups is 2. The van der Waals surface area contributed by atoms with E-state index in [9.17, 15) is 9.59 Å². The van der Waals surface area contributed by atoms with Gasteiger partial charge in [-0.1, -0.05) is 24.3 Å². The Morgan fingerprint density at radius 1 is 0.625 bits per heavy atom. The molecule has 12 heteroatoms. The van der Waals surface area contributed by atoms with Crippen LogP contribution in [-0.4, -0.2) is 48.9 Å². The van der Waals surface area contributed by atoms with Gasteiger partial charge in [-0.3, -0.25) is 9.98 Å². The third kappa shape index (κ3) is 7.87. The maximum absolute atomic E-state index is 12.5. The molecule has 0 fully saturated rings. The molecule has 5 rings (SSSR count). The van der Waals surface area contributed by atoms with Gasteiger partial charge >= 0.3 is 12.1 Å². The number of nitrogens with zero attached hydrogens (tertiary/aromatic N) is 2. The van der Waals surface area contributed by atoms with Gasteiger partial charge in [0.15, 0.2) is 0 Å². The molecule has 0 saturated carbocycles. The van der Waals surface area contributed by atoms with Crippen LogP contribution in [0.25, 0.3) is 0 Å². The minimum atomic E-state index is -0.370. The zero-order valence-corrected chi connectivity index (χ0v) is 23.7. The summed E-state index contributed by atoms with van der Waals surface area (Å²) in [6.07, 6.45) is 0. The number of benzene rings is 3. The number of aliphatic imine (C=N–C) groups is 2. The van der Waals surface area contributed by atoms with Crippen molar-refractivity contribution >= 4 is 71.3 Å². The van der Waals surface area contributed by atoms with Gasteiger partial charge in [0.2, 0.25) is 0 Å². The van der Waals surface area contributed by atoms with Gasteiger partial charge in [0, 0.05) is 46.0 Å². The van der Waals surface area contributed by atoms with E-state index in [1.807, 2.05) is 48.5 Å². The molecule has 2 aliphatic heterocycles. The lowest BCUT2D eigenvalue weighted by atomic mass is 10.2. The average Bonchev–Trinajstić information content (AvgIpc) is 3.54. The average molecular weight is 584 g/mol.